The Kier molecular flexibility index (Phi) is 4.41. The topological polar surface area (TPSA) is 41.1 Å². The molecule has 4 nitrogen and oxygen atoms in total. The molecule has 1 N–H and O–H groups in total. The molecule has 1 aromatic heterocycles. The van der Waals surface area contributed by atoms with Gasteiger partial charge in [0.25, 0.3) is 0 Å². The van der Waals surface area contributed by atoms with E-state index in [1.54, 1.807) is 29.2 Å². The molecule has 0 unspecified atom stereocenters. The minimum atomic E-state index is -4.52. The lowest BCUT2D eigenvalue weighted by Gasteiger charge is -2.28. The van der Waals surface area contributed by atoms with Crippen LogP contribution in [0.3, 0.4) is 0 Å². The molecule has 0 aliphatic carbocycles. The largest absolute Gasteiger partial charge is 0.433 e. The fraction of sp³-hybridized carbons (Fsp3) is 0.333. The van der Waals surface area contributed by atoms with E-state index in [-0.39, 0.29) is 11.6 Å². The van der Waals surface area contributed by atoms with Crippen LogP contribution in [-0.2, 0) is 6.18 Å². The number of nitrogens with one attached hydrogen (secondary N) is 1. The Morgan fingerprint density at radius 2 is 1.70 bits per heavy atom. The third-order valence-corrected chi connectivity index (χ3v) is 3.80. The summed E-state index contributed by atoms with van der Waals surface area (Å²) >= 11 is 5.83. The first-order valence-corrected chi connectivity index (χ1v) is 7.49. The Labute approximate surface area is 136 Å². The van der Waals surface area contributed by atoms with Crippen molar-refractivity contribution in [2.75, 3.05) is 31.1 Å². The van der Waals surface area contributed by atoms with Crippen LogP contribution in [0.1, 0.15) is 5.69 Å². The van der Waals surface area contributed by atoms with Crippen LogP contribution in [0.5, 0.6) is 0 Å². The van der Waals surface area contributed by atoms with Gasteiger partial charge < -0.3 is 10.2 Å². The van der Waals surface area contributed by atoms with Crippen molar-refractivity contribution in [1.82, 2.24) is 15.3 Å². The quantitative estimate of drug-likeness (QED) is 0.909. The summed E-state index contributed by atoms with van der Waals surface area (Å²) in [5.74, 6) is 0.103. The summed E-state index contributed by atoms with van der Waals surface area (Å²) < 4.78 is 39.5. The van der Waals surface area contributed by atoms with Gasteiger partial charge >= 0.3 is 6.18 Å². The predicted octanol–water partition coefficient (Wildman–Crippen LogP) is 3.23. The highest BCUT2D eigenvalue weighted by molar-refractivity contribution is 6.30. The maximum Gasteiger partial charge on any atom is 0.433 e. The maximum atomic E-state index is 13.2. The van der Waals surface area contributed by atoms with Crippen LogP contribution in [-0.4, -0.2) is 36.1 Å². The van der Waals surface area contributed by atoms with Crippen molar-refractivity contribution in [1.29, 1.82) is 0 Å². The van der Waals surface area contributed by atoms with Crippen molar-refractivity contribution in [3.8, 4) is 11.3 Å². The van der Waals surface area contributed by atoms with E-state index in [1.165, 1.54) is 0 Å². The fourth-order valence-corrected chi connectivity index (χ4v) is 2.48. The van der Waals surface area contributed by atoms with Crippen molar-refractivity contribution in [3.63, 3.8) is 0 Å². The zero-order valence-electron chi connectivity index (χ0n) is 12.1. The lowest BCUT2D eigenvalue weighted by molar-refractivity contribution is -0.141. The summed E-state index contributed by atoms with van der Waals surface area (Å²) in [5, 5.41) is 3.66. The standard InChI is InChI=1S/C15H14ClF3N4/c16-11-3-1-10(2-4-11)12-9-13(15(17,18)19)22-14(21-12)23-7-5-20-6-8-23/h1-4,9,20H,5-8H2. The second-order valence-electron chi connectivity index (χ2n) is 5.18. The minimum absolute atomic E-state index is 0.103. The highest BCUT2D eigenvalue weighted by atomic mass is 35.5. The Hall–Kier alpha value is -1.86. The molecule has 0 saturated carbocycles. The Morgan fingerprint density at radius 3 is 2.30 bits per heavy atom. The molecule has 1 aliphatic rings. The third kappa shape index (κ3) is 3.73. The van der Waals surface area contributed by atoms with E-state index in [9.17, 15) is 13.2 Å². The molecule has 0 spiro atoms. The van der Waals surface area contributed by atoms with Crippen LogP contribution < -0.4 is 10.2 Å². The van der Waals surface area contributed by atoms with Crippen molar-refractivity contribution < 1.29 is 13.2 Å². The van der Waals surface area contributed by atoms with E-state index in [1.807, 2.05) is 0 Å². The van der Waals surface area contributed by atoms with E-state index in [0.717, 1.165) is 6.07 Å². The van der Waals surface area contributed by atoms with Gasteiger partial charge in [0.15, 0.2) is 5.69 Å². The number of nitrogens with zero attached hydrogens (tertiary/aromatic N) is 3. The molecule has 23 heavy (non-hydrogen) atoms. The predicted molar refractivity (Wildman–Crippen MR) is 82.6 cm³/mol. The van der Waals surface area contributed by atoms with Crippen molar-refractivity contribution in [2.24, 2.45) is 0 Å². The summed E-state index contributed by atoms with van der Waals surface area (Å²) in [5.41, 5.74) is -0.137. The zero-order chi connectivity index (χ0) is 16.4. The molecule has 1 saturated heterocycles. The summed E-state index contributed by atoms with van der Waals surface area (Å²) in [6.45, 7) is 2.52. The van der Waals surface area contributed by atoms with E-state index in [0.29, 0.717) is 36.8 Å². The summed E-state index contributed by atoms with van der Waals surface area (Å²) in [4.78, 5) is 9.78. The molecule has 1 aliphatic heterocycles. The zero-order valence-corrected chi connectivity index (χ0v) is 12.8. The normalized spacial score (nSPS) is 15.7. The first kappa shape index (κ1) is 16.0. The van der Waals surface area contributed by atoms with Gasteiger partial charge in [-0.1, -0.05) is 23.7 Å². The number of hydrogen-bond acceptors (Lipinski definition) is 4. The second kappa shape index (κ2) is 6.33. The number of hydrogen-bond donors (Lipinski definition) is 1. The minimum Gasteiger partial charge on any atom is -0.338 e. The Balaban J connectivity index is 2.05. The van der Waals surface area contributed by atoms with Gasteiger partial charge in [0, 0.05) is 36.8 Å². The van der Waals surface area contributed by atoms with Crippen LogP contribution in [0, 0.1) is 0 Å². The molecule has 0 bridgehead atoms. The SMILES string of the molecule is FC(F)(F)c1cc(-c2ccc(Cl)cc2)nc(N2CCNCC2)n1. The molecular formula is C15H14ClF3N4. The fourth-order valence-electron chi connectivity index (χ4n) is 2.35. The summed E-state index contributed by atoms with van der Waals surface area (Å²) in [7, 11) is 0. The summed E-state index contributed by atoms with van der Waals surface area (Å²) in [6, 6.07) is 7.50. The van der Waals surface area contributed by atoms with Gasteiger partial charge in [0.1, 0.15) is 0 Å². The molecule has 3 rings (SSSR count). The monoisotopic (exact) mass is 342 g/mol. The van der Waals surface area contributed by atoms with Crippen LogP contribution in [0.25, 0.3) is 11.3 Å². The van der Waals surface area contributed by atoms with Crippen LogP contribution in [0.2, 0.25) is 5.02 Å². The van der Waals surface area contributed by atoms with E-state index in [4.69, 9.17) is 11.6 Å². The van der Waals surface area contributed by atoms with Crippen LogP contribution in [0.4, 0.5) is 19.1 Å². The van der Waals surface area contributed by atoms with Crippen molar-refractivity contribution in [2.45, 2.75) is 6.18 Å². The molecule has 0 radical (unpaired) electrons. The van der Waals surface area contributed by atoms with Crippen molar-refractivity contribution in [3.05, 3.63) is 41.0 Å². The number of anilines is 1. The van der Waals surface area contributed by atoms with Gasteiger partial charge in [-0.05, 0) is 18.2 Å². The average molecular weight is 343 g/mol. The third-order valence-electron chi connectivity index (χ3n) is 3.54. The van der Waals surface area contributed by atoms with E-state index in [2.05, 4.69) is 15.3 Å². The molecule has 0 atom stereocenters. The number of benzene rings is 1. The van der Waals surface area contributed by atoms with Crippen LogP contribution in [0.15, 0.2) is 30.3 Å². The molecule has 122 valence electrons. The van der Waals surface area contributed by atoms with Gasteiger partial charge in [-0.25, -0.2) is 9.97 Å². The Bertz CT molecular complexity index is 682. The number of halogens is 4. The molecule has 2 heterocycles. The van der Waals surface area contributed by atoms with Gasteiger partial charge in [-0.3, -0.25) is 0 Å². The van der Waals surface area contributed by atoms with Gasteiger partial charge in [0.05, 0.1) is 5.69 Å². The molecule has 8 heteroatoms. The smallest absolute Gasteiger partial charge is 0.338 e. The summed E-state index contributed by atoms with van der Waals surface area (Å²) in [6.07, 6.45) is -4.52. The van der Waals surface area contributed by atoms with E-state index >= 15 is 0 Å². The first-order valence-electron chi connectivity index (χ1n) is 7.11. The highest BCUT2D eigenvalue weighted by Gasteiger charge is 2.34. The van der Waals surface area contributed by atoms with Gasteiger partial charge in [0.2, 0.25) is 5.95 Å². The maximum absolute atomic E-state index is 13.2. The highest BCUT2D eigenvalue weighted by Crippen LogP contribution is 2.32. The van der Waals surface area contributed by atoms with Crippen LogP contribution >= 0.6 is 11.6 Å². The number of rotatable bonds is 2. The Morgan fingerprint density at radius 1 is 1.04 bits per heavy atom. The lowest BCUT2D eigenvalue weighted by atomic mass is 10.1. The number of aromatic nitrogens is 2. The number of alkyl halides is 3. The second-order valence-corrected chi connectivity index (χ2v) is 5.62. The van der Waals surface area contributed by atoms with Crippen molar-refractivity contribution >= 4 is 17.5 Å². The molecule has 1 aromatic carbocycles. The first-order chi connectivity index (χ1) is 10.9. The average Bonchev–Trinajstić information content (AvgIpc) is 2.55. The molecule has 0 amide bonds. The molecule has 2 aromatic rings. The lowest BCUT2D eigenvalue weighted by Crippen LogP contribution is -2.44. The van der Waals surface area contributed by atoms with Gasteiger partial charge in [-0.15, -0.1) is 0 Å². The van der Waals surface area contributed by atoms with E-state index < -0.39 is 11.9 Å². The number of piperazine rings is 1. The molecule has 1 fully saturated rings. The molecular weight excluding hydrogens is 329 g/mol. The van der Waals surface area contributed by atoms with Gasteiger partial charge in [-0.2, -0.15) is 13.2 Å².